The summed E-state index contributed by atoms with van der Waals surface area (Å²) in [5.74, 6) is 0. The van der Waals surface area contributed by atoms with Crippen molar-refractivity contribution in [3.8, 4) is 0 Å². The topological polar surface area (TPSA) is 66.4 Å². The van der Waals surface area contributed by atoms with Gasteiger partial charge in [-0.1, -0.05) is 55.3 Å². The van der Waals surface area contributed by atoms with Gasteiger partial charge in [0.05, 0.1) is 17.0 Å². The zero-order valence-corrected chi connectivity index (χ0v) is 15.1. The Morgan fingerprint density at radius 2 is 1.71 bits per heavy atom. The van der Waals surface area contributed by atoms with Gasteiger partial charge in [-0.05, 0) is 42.7 Å². The highest BCUT2D eigenvalue weighted by atomic mass is 35.5. The number of halogens is 1. The minimum absolute atomic E-state index is 0.133. The van der Waals surface area contributed by atoms with Gasteiger partial charge in [0.25, 0.3) is 0 Å². The van der Waals surface area contributed by atoms with Crippen LogP contribution in [0.1, 0.15) is 25.3 Å². The van der Waals surface area contributed by atoms with Crippen LogP contribution in [0.3, 0.4) is 0 Å². The first kappa shape index (κ1) is 18.9. The molecule has 130 valence electrons. The molecule has 6 heteroatoms. The summed E-state index contributed by atoms with van der Waals surface area (Å²) in [5, 5.41) is 10.8. The van der Waals surface area contributed by atoms with Crippen molar-refractivity contribution in [3.05, 3.63) is 65.2 Å². The molecule has 2 aromatic carbocycles. The standard InChI is InChI=1S/C18H22ClNO3S/c1-2-6-18(21)17(13-14-7-4-3-5-8-14)20-24(22,23)16-11-9-15(19)10-12-16/h3-5,7-12,17-18,20-21H,2,6,13H2,1H3. The van der Waals surface area contributed by atoms with Gasteiger partial charge in [0.2, 0.25) is 10.0 Å². The van der Waals surface area contributed by atoms with Crippen LogP contribution in [0.4, 0.5) is 0 Å². The monoisotopic (exact) mass is 367 g/mol. The molecule has 0 aliphatic heterocycles. The summed E-state index contributed by atoms with van der Waals surface area (Å²) in [6.45, 7) is 1.95. The number of hydrogen-bond donors (Lipinski definition) is 2. The second kappa shape index (κ2) is 8.62. The molecule has 0 radical (unpaired) electrons. The van der Waals surface area contributed by atoms with Gasteiger partial charge in [-0.25, -0.2) is 13.1 Å². The molecule has 0 aromatic heterocycles. The minimum atomic E-state index is -3.73. The molecular weight excluding hydrogens is 346 g/mol. The average molecular weight is 368 g/mol. The molecule has 0 aliphatic rings. The van der Waals surface area contributed by atoms with Crippen molar-refractivity contribution in [2.45, 2.75) is 43.2 Å². The van der Waals surface area contributed by atoms with Crippen molar-refractivity contribution in [3.63, 3.8) is 0 Å². The molecule has 0 aliphatic carbocycles. The summed E-state index contributed by atoms with van der Waals surface area (Å²) in [7, 11) is -3.73. The third-order valence-electron chi connectivity index (χ3n) is 3.78. The minimum Gasteiger partial charge on any atom is -0.391 e. The first-order chi connectivity index (χ1) is 11.4. The van der Waals surface area contributed by atoms with E-state index in [1.54, 1.807) is 0 Å². The van der Waals surface area contributed by atoms with E-state index in [1.807, 2.05) is 37.3 Å². The SMILES string of the molecule is CCCC(O)C(Cc1ccccc1)NS(=O)(=O)c1ccc(Cl)cc1. The van der Waals surface area contributed by atoms with Crippen molar-refractivity contribution < 1.29 is 13.5 Å². The summed E-state index contributed by atoms with van der Waals surface area (Å²) in [5.41, 5.74) is 0.969. The number of aliphatic hydroxyl groups excluding tert-OH is 1. The molecule has 24 heavy (non-hydrogen) atoms. The Labute approximate surface area is 148 Å². The van der Waals surface area contributed by atoms with Gasteiger partial charge >= 0.3 is 0 Å². The second-order valence-electron chi connectivity index (χ2n) is 5.73. The van der Waals surface area contributed by atoms with Crippen LogP contribution in [0, 0.1) is 0 Å². The summed E-state index contributed by atoms with van der Waals surface area (Å²) < 4.78 is 27.8. The smallest absolute Gasteiger partial charge is 0.240 e. The summed E-state index contributed by atoms with van der Waals surface area (Å²) in [6.07, 6.45) is 0.974. The molecule has 0 fully saturated rings. The fraction of sp³-hybridized carbons (Fsp3) is 0.333. The Hall–Kier alpha value is -1.40. The van der Waals surface area contributed by atoms with E-state index in [4.69, 9.17) is 11.6 Å². The Morgan fingerprint density at radius 3 is 2.29 bits per heavy atom. The van der Waals surface area contributed by atoms with Crippen LogP contribution in [0.2, 0.25) is 5.02 Å². The summed E-state index contributed by atoms with van der Waals surface area (Å²) in [6, 6.07) is 14.9. The molecular formula is C18H22ClNO3S. The Balaban J connectivity index is 2.21. The van der Waals surface area contributed by atoms with E-state index in [0.29, 0.717) is 17.9 Å². The molecule has 0 amide bonds. The van der Waals surface area contributed by atoms with E-state index in [9.17, 15) is 13.5 Å². The zero-order valence-electron chi connectivity index (χ0n) is 13.5. The van der Waals surface area contributed by atoms with E-state index in [2.05, 4.69) is 4.72 Å². The number of sulfonamides is 1. The van der Waals surface area contributed by atoms with Crippen molar-refractivity contribution in [2.75, 3.05) is 0 Å². The first-order valence-corrected chi connectivity index (χ1v) is 9.78. The van der Waals surface area contributed by atoms with Crippen molar-refractivity contribution in [1.82, 2.24) is 4.72 Å². The van der Waals surface area contributed by atoms with Crippen LogP contribution in [0.15, 0.2) is 59.5 Å². The molecule has 2 atom stereocenters. The zero-order chi connectivity index (χ0) is 17.6. The third kappa shape index (κ3) is 5.31. The second-order valence-corrected chi connectivity index (χ2v) is 7.88. The van der Waals surface area contributed by atoms with E-state index in [1.165, 1.54) is 24.3 Å². The van der Waals surface area contributed by atoms with Gasteiger partial charge in [0.1, 0.15) is 0 Å². The Kier molecular flexibility index (Phi) is 6.80. The van der Waals surface area contributed by atoms with Crippen molar-refractivity contribution >= 4 is 21.6 Å². The molecule has 2 aromatic rings. The number of nitrogens with one attached hydrogen (secondary N) is 1. The fourth-order valence-corrected chi connectivity index (χ4v) is 3.90. The first-order valence-electron chi connectivity index (χ1n) is 7.92. The van der Waals surface area contributed by atoms with E-state index < -0.39 is 22.2 Å². The maximum absolute atomic E-state index is 12.6. The lowest BCUT2D eigenvalue weighted by atomic mass is 9.99. The molecule has 0 spiro atoms. The summed E-state index contributed by atoms with van der Waals surface area (Å²) in [4.78, 5) is 0.133. The molecule has 0 bridgehead atoms. The van der Waals surface area contributed by atoms with E-state index in [0.717, 1.165) is 12.0 Å². The normalized spacial score (nSPS) is 14.3. The number of rotatable bonds is 8. The fourth-order valence-electron chi connectivity index (χ4n) is 2.50. The maximum Gasteiger partial charge on any atom is 0.240 e. The highest BCUT2D eigenvalue weighted by Gasteiger charge is 2.25. The number of aliphatic hydroxyl groups is 1. The van der Waals surface area contributed by atoms with Crippen LogP contribution in [-0.4, -0.2) is 25.7 Å². The molecule has 0 saturated carbocycles. The molecule has 2 unspecified atom stereocenters. The predicted octanol–water partition coefficient (Wildman–Crippen LogP) is 3.39. The van der Waals surface area contributed by atoms with Gasteiger partial charge in [0.15, 0.2) is 0 Å². The van der Waals surface area contributed by atoms with Crippen LogP contribution in [-0.2, 0) is 16.4 Å². The molecule has 2 N–H and O–H groups in total. The maximum atomic E-state index is 12.6. The quantitative estimate of drug-likeness (QED) is 0.751. The predicted molar refractivity (Wildman–Crippen MR) is 96.6 cm³/mol. The highest BCUT2D eigenvalue weighted by molar-refractivity contribution is 7.89. The van der Waals surface area contributed by atoms with Crippen molar-refractivity contribution in [1.29, 1.82) is 0 Å². The average Bonchev–Trinajstić information content (AvgIpc) is 2.55. The lowest BCUT2D eigenvalue weighted by Crippen LogP contribution is -2.44. The van der Waals surface area contributed by atoms with E-state index >= 15 is 0 Å². The van der Waals surface area contributed by atoms with Gasteiger partial charge in [-0.15, -0.1) is 0 Å². The Bertz CT molecular complexity index is 733. The van der Waals surface area contributed by atoms with Crippen LogP contribution in [0.5, 0.6) is 0 Å². The van der Waals surface area contributed by atoms with Crippen LogP contribution >= 0.6 is 11.6 Å². The van der Waals surface area contributed by atoms with Gasteiger partial charge in [0, 0.05) is 5.02 Å². The molecule has 4 nitrogen and oxygen atoms in total. The van der Waals surface area contributed by atoms with Crippen molar-refractivity contribution in [2.24, 2.45) is 0 Å². The molecule has 0 saturated heterocycles. The highest BCUT2D eigenvalue weighted by Crippen LogP contribution is 2.17. The summed E-state index contributed by atoms with van der Waals surface area (Å²) >= 11 is 5.81. The molecule has 2 rings (SSSR count). The molecule has 0 heterocycles. The van der Waals surface area contributed by atoms with Gasteiger partial charge in [-0.3, -0.25) is 0 Å². The lowest BCUT2D eigenvalue weighted by Gasteiger charge is -2.24. The van der Waals surface area contributed by atoms with E-state index in [-0.39, 0.29) is 4.90 Å². The Morgan fingerprint density at radius 1 is 1.08 bits per heavy atom. The van der Waals surface area contributed by atoms with Gasteiger partial charge < -0.3 is 5.11 Å². The van der Waals surface area contributed by atoms with Crippen LogP contribution < -0.4 is 4.72 Å². The lowest BCUT2D eigenvalue weighted by molar-refractivity contribution is 0.127. The third-order valence-corrected chi connectivity index (χ3v) is 5.54. The largest absolute Gasteiger partial charge is 0.391 e. The van der Waals surface area contributed by atoms with Gasteiger partial charge in [-0.2, -0.15) is 0 Å². The number of hydrogen-bond acceptors (Lipinski definition) is 3. The number of benzene rings is 2. The van der Waals surface area contributed by atoms with Crippen LogP contribution in [0.25, 0.3) is 0 Å².